The molecule has 0 saturated carbocycles. The van der Waals surface area contributed by atoms with Gasteiger partial charge in [0.2, 0.25) is 0 Å². The quantitative estimate of drug-likeness (QED) is 0.810. The molecule has 0 aliphatic carbocycles. The van der Waals surface area contributed by atoms with E-state index in [9.17, 15) is 4.79 Å². The number of imidazole rings is 1. The van der Waals surface area contributed by atoms with Crippen LogP contribution in [0.3, 0.4) is 0 Å². The molecule has 1 aromatic carbocycles. The number of aromatic amines is 1. The van der Waals surface area contributed by atoms with Crippen molar-refractivity contribution in [3.05, 3.63) is 47.5 Å². The monoisotopic (exact) mass is 259 g/mol. The first kappa shape index (κ1) is 13.1. The molecule has 2 N–H and O–H groups in total. The zero-order valence-electron chi connectivity index (χ0n) is 11.1. The molecule has 19 heavy (non-hydrogen) atoms. The van der Waals surface area contributed by atoms with Crippen molar-refractivity contribution in [2.24, 2.45) is 0 Å². The van der Waals surface area contributed by atoms with E-state index in [-0.39, 0.29) is 5.97 Å². The lowest BCUT2D eigenvalue weighted by molar-refractivity contribution is 0.0526. The van der Waals surface area contributed by atoms with Gasteiger partial charge in [-0.1, -0.05) is 0 Å². The molecule has 0 atom stereocenters. The molecule has 2 rings (SSSR count). The van der Waals surface area contributed by atoms with Crippen LogP contribution < -0.4 is 5.32 Å². The molecule has 0 spiro atoms. The molecule has 5 heteroatoms. The van der Waals surface area contributed by atoms with Gasteiger partial charge in [0.1, 0.15) is 0 Å². The highest BCUT2D eigenvalue weighted by atomic mass is 16.5. The number of carbonyl (C=O) groups is 1. The highest BCUT2D eigenvalue weighted by molar-refractivity contribution is 5.89. The van der Waals surface area contributed by atoms with Crippen LogP contribution >= 0.6 is 0 Å². The van der Waals surface area contributed by atoms with Gasteiger partial charge in [-0.15, -0.1) is 0 Å². The Balaban J connectivity index is 1.95. The van der Waals surface area contributed by atoms with Gasteiger partial charge in [-0.05, 0) is 38.1 Å². The van der Waals surface area contributed by atoms with Gasteiger partial charge in [0.25, 0.3) is 0 Å². The number of rotatable bonds is 5. The summed E-state index contributed by atoms with van der Waals surface area (Å²) >= 11 is 0. The fourth-order valence-corrected chi connectivity index (χ4v) is 1.69. The van der Waals surface area contributed by atoms with Crippen LogP contribution in [-0.4, -0.2) is 22.5 Å². The van der Waals surface area contributed by atoms with E-state index in [2.05, 4.69) is 15.3 Å². The minimum absolute atomic E-state index is 0.294. The molecule has 2 aromatic rings. The van der Waals surface area contributed by atoms with Crippen LogP contribution in [-0.2, 0) is 11.3 Å². The van der Waals surface area contributed by atoms with Crippen LogP contribution in [0.15, 0.2) is 30.6 Å². The first-order valence-electron chi connectivity index (χ1n) is 6.20. The van der Waals surface area contributed by atoms with Crippen LogP contribution in [0.1, 0.15) is 28.7 Å². The summed E-state index contributed by atoms with van der Waals surface area (Å²) in [6.45, 7) is 4.80. The third-order valence-electron chi connectivity index (χ3n) is 2.79. The molecule has 0 amide bonds. The number of nitrogens with zero attached hydrogens (tertiary/aromatic N) is 1. The predicted molar refractivity (Wildman–Crippen MR) is 73.0 cm³/mol. The van der Waals surface area contributed by atoms with Crippen LogP contribution in [0.2, 0.25) is 0 Å². The largest absolute Gasteiger partial charge is 0.462 e. The number of anilines is 1. The van der Waals surface area contributed by atoms with Crippen molar-refractivity contribution < 1.29 is 9.53 Å². The van der Waals surface area contributed by atoms with Gasteiger partial charge < -0.3 is 15.0 Å². The molecular weight excluding hydrogens is 242 g/mol. The number of ether oxygens (including phenoxy) is 1. The number of esters is 1. The van der Waals surface area contributed by atoms with Crippen LogP contribution in [0, 0.1) is 6.92 Å². The van der Waals surface area contributed by atoms with E-state index in [1.54, 1.807) is 25.4 Å². The first-order valence-corrected chi connectivity index (χ1v) is 6.20. The number of nitrogens with one attached hydrogen (secondary N) is 2. The van der Waals surface area contributed by atoms with Crippen molar-refractivity contribution in [1.82, 2.24) is 9.97 Å². The van der Waals surface area contributed by atoms with Crippen LogP contribution in [0.4, 0.5) is 5.69 Å². The number of hydrogen-bond acceptors (Lipinski definition) is 4. The van der Waals surface area contributed by atoms with Crippen LogP contribution in [0.5, 0.6) is 0 Å². The molecule has 0 bridgehead atoms. The van der Waals surface area contributed by atoms with E-state index in [0.29, 0.717) is 18.7 Å². The maximum Gasteiger partial charge on any atom is 0.338 e. The topological polar surface area (TPSA) is 67.0 Å². The minimum Gasteiger partial charge on any atom is -0.462 e. The summed E-state index contributed by atoms with van der Waals surface area (Å²) in [7, 11) is 0. The fraction of sp³-hybridized carbons (Fsp3) is 0.286. The molecule has 5 nitrogen and oxygen atoms in total. The zero-order valence-corrected chi connectivity index (χ0v) is 11.1. The molecule has 0 radical (unpaired) electrons. The standard InChI is InChI=1S/C14H17N3O2/c1-3-19-14(18)11-4-6-12(7-5-11)15-8-13-10(2)16-9-17-13/h4-7,9,15H,3,8H2,1-2H3,(H,16,17). The Morgan fingerprint density at radius 2 is 2.11 bits per heavy atom. The second-order valence-electron chi connectivity index (χ2n) is 4.13. The first-order chi connectivity index (χ1) is 9.20. The van der Waals surface area contributed by atoms with Gasteiger partial charge >= 0.3 is 5.97 Å². The van der Waals surface area contributed by atoms with E-state index in [1.165, 1.54) is 0 Å². The van der Waals surface area contributed by atoms with Gasteiger partial charge in [-0.25, -0.2) is 9.78 Å². The maximum absolute atomic E-state index is 11.5. The lowest BCUT2D eigenvalue weighted by atomic mass is 10.2. The van der Waals surface area contributed by atoms with E-state index in [1.807, 2.05) is 19.1 Å². The Hall–Kier alpha value is -2.30. The van der Waals surface area contributed by atoms with Gasteiger partial charge in [-0.2, -0.15) is 0 Å². The number of aromatic nitrogens is 2. The minimum atomic E-state index is -0.294. The van der Waals surface area contributed by atoms with Crippen molar-refractivity contribution in [3.8, 4) is 0 Å². The maximum atomic E-state index is 11.5. The Kier molecular flexibility index (Phi) is 4.18. The second kappa shape index (κ2) is 6.04. The molecule has 0 fully saturated rings. The molecule has 1 aromatic heterocycles. The molecule has 0 unspecified atom stereocenters. The lowest BCUT2D eigenvalue weighted by Gasteiger charge is -2.06. The smallest absolute Gasteiger partial charge is 0.338 e. The Morgan fingerprint density at radius 3 is 2.68 bits per heavy atom. The van der Waals surface area contributed by atoms with Crippen molar-refractivity contribution in [1.29, 1.82) is 0 Å². The number of carbonyl (C=O) groups excluding carboxylic acids is 1. The summed E-state index contributed by atoms with van der Waals surface area (Å²) < 4.78 is 4.93. The van der Waals surface area contributed by atoms with Gasteiger partial charge in [-0.3, -0.25) is 0 Å². The number of H-pyrrole nitrogens is 1. The molecule has 0 saturated heterocycles. The summed E-state index contributed by atoms with van der Waals surface area (Å²) in [6, 6.07) is 7.21. The van der Waals surface area contributed by atoms with E-state index in [0.717, 1.165) is 17.1 Å². The van der Waals surface area contributed by atoms with Crippen LogP contribution in [0.25, 0.3) is 0 Å². The third-order valence-corrected chi connectivity index (χ3v) is 2.79. The highest BCUT2D eigenvalue weighted by Gasteiger charge is 2.06. The van der Waals surface area contributed by atoms with Gasteiger partial charge in [0, 0.05) is 11.4 Å². The lowest BCUT2D eigenvalue weighted by Crippen LogP contribution is -2.05. The van der Waals surface area contributed by atoms with E-state index >= 15 is 0 Å². The van der Waals surface area contributed by atoms with Crippen molar-refractivity contribution >= 4 is 11.7 Å². The average Bonchev–Trinajstić information content (AvgIpc) is 2.83. The third kappa shape index (κ3) is 3.34. The molecule has 100 valence electrons. The molecule has 0 aliphatic rings. The summed E-state index contributed by atoms with van der Waals surface area (Å²) in [5.74, 6) is -0.294. The predicted octanol–water partition coefficient (Wildman–Crippen LogP) is 2.51. The molecular formula is C14H17N3O2. The zero-order chi connectivity index (χ0) is 13.7. The average molecular weight is 259 g/mol. The van der Waals surface area contributed by atoms with Gasteiger partial charge in [0.15, 0.2) is 0 Å². The molecule has 1 heterocycles. The summed E-state index contributed by atoms with van der Waals surface area (Å²) in [5.41, 5.74) is 3.53. The fourth-order valence-electron chi connectivity index (χ4n) is 1.69. The van der Waals surface area contributed by atoms with Crippen molar-refractivity contribution in [2.75, 3.05) is 11.9 Å². The van der Waals surface area contributed by atoms with E-state index in [4.69, 9.17) is 4.74 Å². The van der Waals surface area contributed by atoms with E-state index < -0.39 is 0 Å². The second-order valence-corrected chi connectivity index (χ2v) is 4.13. The Bertz CT molecular complexity index is 546. The summed E-state index contributed by atoms with van der Waals surface area (Å²) in [5, 5.41) is 3.25. The van der Waals surface area contributed by atoms with Crippen molar-refractivity contribution in [2.45, 2.75) is 20.4 Å². The Labute approximate surface area is 112 Å². The number of aryl methyl sites for hydroxylation is 1. The Morgan fingerprint density at radius 1 is 1.37 bits per heavy atom. The van der Waals surface area contributed by atoms with Crippen molar-refractivity contribution in [3.63, 3.8) is 0 Å². The molecule has 0 aliphatic heterocycles. The number of benzene rings is 1. The highest BCUT2D eigenvalue weighted by Crippen LogP contribution is 2.12. The number of hydrogen-bond donors (Lipinski definition) is 2. The summed E-state index contributed by atoms with van der Waals surface area (Å²) in [4.78, 5) is 18.7. The normalized spacial score (nSPS) is 10.2. The SMILES string of the molecule is CCOC(=O)c1ccc(NCc2nc[nH]c2C)cc1. The van der Waals surface area contributed by atoms with Gasteiger partial charge in [0.05, 0.1) is 30.7 Å². The summed E-state index contributed by atoms with van der Waals surface area (Å²) in [6.07, 6.45) is 1.68.